The van der Waals surface area contributed by atoms with Gasteiger partial charge in [-0.15, -0.1) is 0 Å². The number of hydrogen-bond acceptors (Lipinski definition) is 2. The number of carbonyl (C=O) groups excluding carboxylic acids is 2. The minimum atomic E-state index is -2.11. The van der Waals surface area contributed by atoms with Gasteiger partial charge in [-0.05, 0) is 40.3 Å². The molecule has 2 nitrogen and oxygen atoms in total. The molecule has 0 radical (unpaired) electrons. The molecule has 31 heavy (non-hydrogen) atoms. The lowest BCUT2D eigenvalue weighted by molar-refractivity contribution is 0.105. The van der Waals surface area contributed by atoms with Crippen LogP contribution < -0.4 is 5.30 Å². The van der Waals surface area contributed by atoms with Crippen molar-refractivity contribution in [3.05, 3.63) is 110 Å². The van der Waals surface area contributed by atoms with Gasteiger partial charge in [0.15, 0.2) is 11.0 Å². The molecule has 0 unspecified atom stereocenters. The molecule has 4 rings (SSSR count). The molecule has 154 valence electrons. The van der Waals surface area contributed by atoms with E-state index in [1.165, 1.54) is 0 Å². The van der Waals surface area contributed by atoms with Crippen molar-refractivity contribution in [3.63, 3.8) is 0 Å². The maximum absolute atomic E-state index is 13.8. The second-order valence-electron chi connectivity index (χ2n) is 6.64. The second kappa shape index (κ2) is 9.28. The lowest BCUT2D eigenvalue weighted by Crippen LogP contribution is -2.18. The first-order valence-electron chi connectivity index (χ1n) is 9.14. The Labute approximate surface area is 200 Å². The Balaban J connectivity index is 2.00. The summed E-state index contributed by atoms with van der Waals surface area (Å²) in [5, 5.41) is 3.03. The van der Waals surface area contributed by atoms with Gasteiger partial charge >= 0.3 is 0 Å². The molecule has 0 bridgehead atoms. The predicted molar refractivity (Wildman–Crippen MR) is 132 cm³/mol. The maximum atomic E-state index is 13.8. The summed E-state index contributed by atoms with van der Waals surface area (Å²) in [7, 11) is -2.11. The first-order chi connectivity index (χ1) is 14.9. The molecule has 0 aliphatic rings. The van der Waals surface area contributed by atoms with Crippen LogP contribution in [0.4, 0.5) is 0 Å². The SMILES string of the molecule is O=C(c1c(Cl)cccc1Cl)P(C(=O)c1c(Cl)cccc1Cl)c1cccc2ccccc12. The summed E-state index contributed by atoms with van der Waals surface area (Å²) < 4.78 is 0. The topological polar surface area (TPSA) is 34.1 Å². The van der Waals surface area contributed by atoms with Crippen LogP contribution in [-0.4, -0.2) is 11.0 Å². The van der Waals surface area contributed by atoms with Gasteiger partial charge in [-0.2, -0.15) is 0 Å². The van der Waals surface area contributed by atoms with Gasteiger partial charge in [0.05, 0.1) is 39.1 Å². The van der Waals surface area contributed by atoms with Gasteiger partial charge in [0.1, 0.15) is 0 Å². The van der Waals surface area contributed by atoms with Crippen molar-refractivity contribution in [1.29, 1.82) is 0 Å². The number of halogens is 4. The fourth-order valence-corrected chi connectivity index (χ4v) is 6.97. The zero-order valence-corrected chi connectivity index (χ0v) is 19.7. The number of rotatable bonds is 5. The van der Waals surface area contributed by atoms with Gasteiger partial charge in [-0.3, -0.25) is 9.59 Å². The normalized spacial score (nSPS) is 11.1. The fraction of sp³-hybridized carbons (Fsp3) is 0. The molecule has 4 aromatic carbocycles. The summed E-state index contributed by atoms with van der Waals surface area (Å²) in [5.74, 6) is 0. The highest BCUT2D eigenvalue weighted by Gasteiger charge is 2.35. The van der Waals surface area contributed by atoms with E-state index in [1.807, 2.05) is 36.4 Å². The molecule has 0 N–H and O–H groups in total. The van der Waals surface area contributed by atoms with E-state index in [1.54, 1.807) is 42.5 Å². The van der Waals surface area contributed by atoms with Crippen LogP contribution in [0.15, 0.2) is 78.9 Å². The minimum Gasteiger partial charge on any atom is -0.288 e. The van der Waals surface area contributed by atoms with Crippen molar-refractivity contribution in [1.82, 2.24) is 0 Å². The lowest BCUT2D eigenvalue weighted by atomic mass is 10.1. The van der Waals surface area contributed by atoms with Gasteiger partial charge in [0.2, 0.25) is 0 Å². The number of hydrogen-bond donors (Lipinski definition) is 0. The molecule has 0 aliphatic heterocycles. The van der Waals surface area contributed by atoms with Crippen molar-refractivity contribution in [3.8, 4) is 0 Å². The van der Waals surface area contributed by atoms with Gasteiger partial charge < -0.3 is 0 Å². The first-order valence-corrected chi connectivity index (χ1v) is 12.0. The highest BCUT2D eigenvalue weighted by atomic mass is 35.5. The van der Waals surface area contributed by atoms with Crippen LogP contribution in [0.25, 0.3) is 10.8 Å². The molecule has 0 aliphatic carbocycles. The molecule has 7 heteroatoms. The summed E-state index contributed by atoms with van der Waals surface area (Å²) in [5.41, 5.74) is -0.686. The average molecular weight is 506 g/mol. The third kappa shape index (κ3) is 4.24. The van der Waals surface area contributed by atoms with Crippen molar-refractivity contribution >= 4 is 81.5 Å². The van der Waals surface area contributed by atoms with E-state index in [9.17, 15) is 9.59 Å². The minimum absolute atomic E-state index is 0.112. The predicted octanol–water partition coefficient (Wildman–Crippen LogP) is 8.24. The summed E-state index contributed by atoms with van der Waals surface area (Å²) in [6.07, 6.45) is 0. The Kier molecular flexibility index (Phi) is 6.67. The third-order valence-corrected chi connectivity index (χ3v) is 8.16. The summed E-state index contributed by atoms with van der Waals surface area (Å²) in [6, 6.07) is 22.7. The van der Waals surface area contributed by atoms with E-state index in [4.69, 9.17) is 46.4 Å². The van der Waals surface area contributed by atoms with Crippen LogP contribution in [0, 0.1) is 0 Å². The van der Waals surface area contributed by atoms with Crippen LogP contribution >= 0.6 is 54.3 Å². The van der Waals surface area contributed by atoms with Crippen LogP contribution in [0.1, 0.15) is 20.7 Å². The molecule has 0 heterocycles. The van der Waals surface area contributed by atoms with Gasteiger partial charge in [-0.25, -0.2) is 0 Å². The summed E-state index contributed by atoms with van der Waals surface area (Å²) in [4.78, 5) is 27.6. The van der Waals surface area contributed by atoms with Gasteiger partial charge in [0, 0.05) is 0 Å². The lowest BCUT2D eigenvalue weighted by Gasteiger charge is -2.20. The molecule has 0 spiro atoms. The van der Waals surface area contributed by atoms with E-state index in [0.717, 1.165) is 10.8 Å². The first kappa shape index (κ1) is 22.3. The highest BCUT2D eigenvalue weighted by Crippen LogP contribution is 2.48. The molecule has 0 saturated heterocycles. The van der Waals surface area contributed by atoms with E-state index in [-0.39, 0.29) is 31.2 Å². The zero-order chi connectivity index (χ0) is 22.1. The molecular weight excluding hydrogens is 493 g/mol. The molecule has 0 saturated carbocycles. The van der Waals surface area contributed by atoms with Crippen molar-refractivity contribution in [2.45, 2.75) is 0 Å². The van der Waals surface area contributed by atoms with E-state index >= 15 is 0 Å². The van der Waals surface area contributed by atoms with E-state index in [0.29, 0.717) is 5.30 Å². The Morgan fingerprint density at radius 3 is 1.48 bits per heavy atom. The molecule has 0 atom stereocenters. The molecule has 4 aromatic rings. The monoisotopic (exact) mass is 504 g/mol. The summed E-state index contributed by atoms with van der Waals surface area (Å²) in [6.45, 7) is 0. The van der Waals surface area contributed by atoms with Crippen LogP contribution in [-0.2, 0) is 0 Å². The van der Waals surface area contributed by atoms with E-state index < -0.39 is 19.0 Å². The molecular formula is C24H13Cl4O2P. The molecule has 0 amide bonds. The van der Waals surface area contributed by atoms with Crippen molar-refractivity contribution in [2.75, 3.05) is 0 Å². The Morgan fingerprint density at radius 1 is 0.548 bits per heavy atom. The summed E-state index contributed by atoms with van der Waals surface area (Å²) >= 11 is 25.3. The zero-order valence-electron chi connectivity index (χ0n) is 15.8. The number of carbonyl (C=O) groups is 2. The maximum Gasteiger partial charge on any atom is 0.199 e. The largest absolute Gasteiger partial charge is 0.288 e. The standard InChI is InChI=1S/C24H13Cl4O2P/c25-16-9-4-10-17(26)21(16)23(29)31(24(30)22-18(27)11-5-12-19(22)28)20-13-3-7-14-6-1-2-8-15(14)20/h1-13H. The van der Waals surface area contributed by atoms with E-state index in [2.05, 4.69) is 0 Å². The fourth-order valence-electron chi connectivity index (χ4n) is 3.34. The van der Waals surface area contributed by atoms with Crippen LogP contribution in [0.2, 0.25) is 20.1 Å². The smallest absolute Gasteiger partial charge is 0.199 e. The third-order valence-electron chi connectivity index (χ3n) is 4.77. The van der Waals surface area contributed by atoms with Crippen molar-refractivity contribution < 1.29 is 9.59 Å². The number of benzene rings is 4. The second-order valence-corrected chi connectivity index (χ2v) is 10.2. The van der Waals surface area contributed by atoms with Crippen LogP contribution in [0.5, 0.6) is 0 Å². The highest BCUT2D eigenvalue weighted by molar-refractivity contribution is 7.96. The Hall–Kier alpha value is -1.93. The average Bonchev–Trinajstić information content (AvgIpc) is 2.74. The molecule has 0 fully saturated rings. The Bertz CT molecular complexity index is 1230. The Morgan fingerprint density at radius 2 is 0.968 bits per heavy atom. The quantitative estimate of drug-likeness (QED) is 0.256. The van der Waals surface area contributed by atoms with Gasteiger partial charge in [0.25, 0.3) is 0 Å². The molecule has 0 aromatic heterocycles. The van der Waals surface area contributed by atoms with Crippen molar-refractivity contribution in [2.24, 2.45) is 0 Å². The number of fused-ring (bicyclic) bond motifs is 1. The van der Waals surface area contributed by atoms with Gasteiger partial charge in [-0.1, -0.05) is 101 Å². The van der Waals surface area contributed by atoms with Crippen LogP contribution in [0.3, 0.4) is 0 Å².